The number of carbonyl (C=O) groups excluding carboxylic acids is 5. The largest absolute Gasteiger partial charge is 0.495 e. The summed E-state index contributed by atoms with van der Waals surface area (Å²) in [5.41, 5.74) is -0.540. The van der Waals surface area contributed by atoms with E-state index in [9.17, 15) is 24.0 Å². The van der Waals surface area contributed by atoms with Crippen molar-refractivity contribution in [2.24, 2.45) is 17.3 Å². The Bertz CT molecular complexity index is 1120. The first-order valence-electron chi connectivity index (χ1n) is 13.2. The molecule has 2 rings (SSSR count). The van der Waals surface area contributed by atoms with Crippen molar-refractivity contribution in [1.82, 2.24) is 10.6 Å². The molecule has 1 aliphatic heterocycles. The van der Waals surface area contributed by atoms with Gasteiger partial charge in [0.1, 0.15) is 24.2 Å². The highest BCUT2D eigenvalue weighted by atomic mass is 35.5. The summed E-state index contributed by atoms with van der Waals surface area (Å²) in [7, 11) is 1.49. The molecule has 2 N–H and O–H groups in total. The van der Waals surface area contributed by atoms with Crippen molar-refractivity contribution in [3.8, 4) is 5.75 Å². The highest BCUT2D eigenvalue weighted by Gasteiger charge is 2.37. The number of rotatable bonds is 7. The van der Waals surface area contributed by atoms with Gasteiger partial charge in [0.25, 0.3) is 0 Å². The first kappa shape index (κ1) is 32.8. The van der Waals surface area contributed by atoms with Gasteiger partial charge in [0.15, 0.2) is 6.10 Å². The van der Waals surface area contributed by atoms with Gasteiger partial charge in [0.2, 0.25) is 11.8 Å². The Kier molecular flexibility index (Phi) is 12.2. The number of carbonyl (C=O) groups is 5. The highest BCUT2D eigenvalue weighted by Crippen LogP contribution is 2.26. The molecule has 0 saturated carbocycles. The molecule has 0 spiro atoms. The van der Waals surface area contributed by atoms with Crippen LogP contribution in [0.4, 0.5) is 0 Å². The fourth-order valence-electron chi connectivity index (χ4n) is 3.91. The van der Waals surface area contributed by atoms with Gasteiger partial charge in [-0.3, -0.25) is 14.4 Å². The average Bonchev–Trinajstić information content (AvgIpc) is 2.89. The summed E-state index contributed by atoms with van der Waals surface area (Å²) >= 11 is 6.24. The third kappa shape index (κ3) is 9.66. The van der Waals surface area contributed by atoms with Gasteiger partial charge in [0.05, 0.1) is 17.5 Å². The van der Waals surface area contributed by atoms with Gasteiger partial charge in [-0.15, -0.1) is 0 Å². The lowest BCUT2D eigenvalue weighted by molar-refractivity contribution is -0.179. The number of hydrogen-bond acceptors (Lipinski definition) is 8. The fourth-order valence-corrected chi connectivity index (χ4v) is 4.19. The Morgan fingerprint density at radius 1 is 1.15 bits per heavy atom. The van der Waals surface area contributed by atoms with E-state index < -0.39 is 53.3 Å². The van der Waals surface area contributed by atoms with E-state index in [4.69, 9.17) is 25.8 Å². The summed E-state index contributed by atoms with van der Waals surface area (Å²) in [5, 5.41) is 5.74. The summed E-state index contributed by atoms with van der Waals surface area (Å²) in [4.78, 5) is 63.7. The van der Waals surface area contributed by atoms with Crippen molar-refractivity contribution in [3.05, 3.63) is 40.9 Å². The van der Waals surface area contributed by atoms with Gasteiger partial charge in [-0.1, -0.05) is 44.5 Å². The minimum absolute atomic E-state index is 0.00323. The third-order valence-corrected chi connectivity index (χ3v) is 6.75. The monoisotopic (exact) mass is 578 g/mol. The van der Waals surface area contributed by atoms with Crippen molar-refractivity contribution >= 4 is 41.6 Å². The Balaban J connectivity index is 2.41. The lowest BCUT2D eigenvalue weighted by atomic mass is 9.93. The van der Waals surface area contributed by atoms with E-state index in [-0.39, 0.29) is 31.7 Å². The van der Waals surface area contributed by atoms with E-state index >= 15 is 0 Å². The minimum atomic E-state index is -1.21. The van der Waals surface area contributed by atoms with Crippen LogP contribution in [0.5, 0.6) is 5.75 Å². The van der Waals surface area contributed by atoms with Crippen LogP contribution in [-0.2, 0) is 39.9 Å². The maximum absolute atomic E-state index is 13.2. The molecule has 1 aromatic carbocycles. The molecule has 4 atom stereocenters. The van der Waals surface area contributed by atoms with Gasteiger partial charge in [-0.05, 0) is 50.0 Å². The van der Waals surface area contributed by atoms with Crippen LogP contribution in [0.2, 0.25) is 5.02 Å². The zero-order chi connectivity index (χ0) is 30.0. The molecule has 1 heterocycles. The van der Waals surface area contributed by atoms with Crippen molar-refractivity contribution < 1.29 is 38.2 Å². The minimum Gasteiger partial charge on any atom is -0.495 e. The number of cyclic esters (lactones) is 2. The lowest BCUT2D eigenvalue weighted by Gasteiger charge is -2.29. The Labute approximate surface area is 240 Å². The van der Waals surface area contributed by atoms with Crippen molar-refractivity contribution in [1.29, 1.82) is 0 Å². The zero-order valence-electron chi connectivity index (χ0n) is 23.8. The smallest absolute Gasteiger partial charge is 0.347 e. The summed E-state index contributed by atoms with van der Waals surface area (Å²) < 4.78 is 16.4. The van der Waals surface area contributed by atoms with Crippen molar-refractivity contribution in [2.75, 3.05) is 13.7 Å². The molecule has 0 aromatic heterocycles. The number of hydrogen-bond donors (Lipinski definition) is 2. The highest BCUT2D eigenvalue weighted by molar-refractivity contribution is 6.32. The molecule has 0 saturated heterocycles. The second kappa shape index (κ2) is 14.8. The number of aldehydes is 1. The molecule has 220 valence electrons. The predicted molar refractivity (Wildman–Crippen MR) is 149 cm³/mol. The number of esters is 2. The Hall–Kier alpha value is -3.40. The van der Waals surface area contributed by atoms with Crippen LogP contribution in [0.15, 0.2) is 30.4 Å². The molecular weight excluding hydrogens is 540 g/mol. The number of ether oxygens (including phenoxy) is 3. The second-order valence-corrected chi connectivity index (χ2v) is 11.4. The van der Waals surface area contributed by atoms with Crippen LogP contribution >= 0.6 is 11.6 Å². The molecule has 0 fully saturated rings. The summed E-state index contributed by atoms with van der Waals surface area (Å²) in [6.45, 7) is 8.36. The molecule has 0 radical (unpaired) electrons. The average molecular weight is 579 g/mol. The van der Waals surface area contributed by atoms with Gasteiger partial charge >= 0.3 is 11.9 Å². The van der Waals surface area contributed by atoms with Crippen LogP contribution in [0.1, 0.15) is 53.0 Å². The van der Waals surface area contributed by atoms with Crippen LogP contribution in [-0.4, -0.2) is 61.9 Å². The SMILES string of the molecule is COc1ccc(C[C@H]2NC(=O)/C=C/C[C@@H]([C@H](C)C=O)OC(=O)[C@H](CC(C)C)OC(=O)C(C)(C)CNC2=O)cc1Cl. The van der Waals surface area contributed by atoms with Gasteiger partial charge in [-0.25, -0.2) is 4.79 Å². The van der Waals surface area contributed by atoms with Gasteiger partial charge in [0, 0.05) is 25.3 Å². The van der Waals surface area contributed by atoms with E-state index in [0.29, 0.717) is 22.6 Å². The number of halogens is 1. The number of nitrogens with one attached hydrogen (secondary N) is 2. The summed E-state index contributed by atoms with van der Waals surface area (Å²) in [5.74, 6) is -2.78. The second-order valence-electron chi connectivity index (χ2n) is 11.0. The maximum atomic E-state index is 13.2. The molecule has 1 aliphatic rings. The van der Waals surface area contributed by atoms with E-state index in [0.717, 1.165) is 0 Å². The molecule has 40 heavy (non-hydrogen) atoms. The first-order valence-corrected chi connectivity index (χ1v) is 13.6. The molecule has 11 heteroatoms. The maximum Gasteiger partial charge on any atom is 0.347 e. The van der Waals surface area contributed by atoms with Crippen molar-refractivity contribution in [2.45, 2.75) is 72.1 Å². The molecule has 2 amide bonds. The predicted octanol–water partition coefficient (Wildman–Crippen LogP) is 3.18. The standard InChI is InChI=1S/C29H39ClN2O8/c1-17(2)12-24-27(36)39-22(18(3)15-33)8-7-9-25(34)32-21(14-19-10-11-23(38-6)20(30)13-19)26(35)31-16-29(4,5)28(37)40-24/h7,9-11,13,15,17-18,21-22,24H,8,12,14,16H2,1-6H3,(H,31,35)(H,32,34)/b9-7+/t18-,21-,22+,24+/m1/s1. The first-order chi connectivity index (χ1) is 18.8. The molecular formula is C29H39ClN2O8. The number of benzene rings is 1. The van der Waals surface area contributed by atoms with Crippen LogP contribution in [0, 0.1) is 17.3 Å². The van der Waals surface area contributed by atoms with Crippen LogP contribution in [0.25, 0.3) is 0 Å². The molecule has 0 aliphatic carbocycles. The normalized spacial score (nSPS) is 24.2. The molecule has 0 unspecified atom stereocenters. The zero-order valence-corrected chi connectivity index (χ0v) is 24.6. The van der Waals surface area contributed by atoms with E-state index in [2.05, 4.69) is 10.6 Å². The summed E-state index contributed by atoms with van der Waals surface area (Å²) in [6.07, 6.45) is 1.63. The van der Waals surface area contributed by atoms with Crippen molar-refractivity contribution in [3.63, 3.8) is 0 Å². The van der Waals surface area contributed by atoms with Crippen LogP contribution < -0.4 is 15.4 Å². The molecule has 0 bridgehead atoms. The van der Waals surface area contributed by atoms with E-state index in [1.807, 2.05) is 13.8 Å². The summed E-state index contributed by atoms with van der Waals surface area (Å²) in [6, 6.07) is 4.03. The number of amides is 2. The topological polar surface area (TPSA) is 137 Å². The lowest BCUT2D eigenvalue weighted by Crippen LogP contribution is -2.51. The molecule has 10 nitrogen and oxygen atoms in total. The van der Waals surface area contributed by atoms with E-state index in [1.165, 1.54) is 19.3 Å². The third-order valence-electron chi connectivity index (χ3n) is 6.45. The Morgan fingerprint density at radius 2 is 1.85 bits per heavy atom. The van der Waals surface area contributed by atoms with E-state index in [1.54, 1.807) is 39.0 Å². The quantitative estimate of drug-likeness (QED) is 0.372. The number of methoxy groups -OCH3 is 1. The van der Waals surface area contributed by atoms with Crippen LogP contribution in [0.3, 0.4) is 0 Å². The molecule has 1 aromatic rings. The van der Waals surface area contributed by atoms with Gasteiger partial charge < -0.3 is 29.6 Å². The van der Waals surface area contributed by atoms with Gasteiger partial charge in [-0.2, -0.15) is 0 Å². The Morgan fingerprint density at radius 3 is 2.45 bits per heavy atom. The fraction of sp³-hybridized carbons (Fsp3) is 0.552.